The topological polar surface area (TPSA) is 87.1 Å². The van der Waals surface area contributed by atoms with Crippen molar-refractivity contribution in [3.63, 3.8) is 0 Å². The summed E-state index contributed by atoms with van der Waals surface area (Å²) in [4.78, 5) is 10.5. The van der Waals surface area contributed by atoms with Gasteiger partial charge in [0.05, 0.1) is 0 Å². The second kappa shape index (κ2) is 4.94. The molecular weight excluding hydrogens is 192 g/mol. The number of nitrogens with two attached hydrogens (primary N) is 1. The first-order valence-corrected chi connectivity index (χ1v) is 4.31. The summed E-state index contributed by atoms with van der Waals surface area (Å²) < 4.78 is 0. The monoisotopic (exact) mass is 202 g/mol. The second-order valence-electron chi connectivity index (χ2n) is 2.92. The van der Waals surface area contributed by atoms with Crippen molar-refractivity contribution in [2.24, 2.45) is 5.73 Å². The molecule has 0 amide bonds. The van der Waals surface area contributed by atoms with Gasteiger partial charge in [0.15, 0.2) is 0 Å². The fourth-order valence-corrected chi connectivity index (χ4v) is 1.06. The van der Waals surface area contributed by atoms with Gasteiger partial charge in [-0.3, -0.25) is 0 Å². The van der Waals surface area contributed by atoms with Gasteiger partial charge in [0.25, 0.3) is 0 Å². The van der Waals surface area contributed by atoms with Crippen molar-refractivity contribution in [1.29, 1.82) is 5.26 Å². The number of rotatable bonds is 3. The van der Waals surface area contributed by atoms with Crippen LogP contribution in [0, 0.1) is 11.3 Å². The Hall–Kier alpha value is -2.12. The lowest BCUT2D eigenvalue weighted by Crippen LogP contribution is -1.98. The fourth-order valence-electron chi connectivity index (χ4n) is 1.06. The van der Waals surface area contributed by atoms with Crippen LogP contribution in [0.25, 0.3) is 6.08 Å². The molecule has 76 valence electrons. The summed E-state index contributed by atoms with van der Waals surface area (Å²) in [5, 5.41) is 17.2. The van der Waals surface area contributed by atoms with Gasteiger partial charge in [-0.2, -0.15) is 5.26 Å². The number of nitriles is 1. The maximum atomic E-state index is 10.5. The van der Waals surface area contributed by atoms with E-state index < -0.39 is 5.97 Å². The molecule has 0 radical (unpaired) electrons. The molecule has 0 spiro atoms. The van der Waals surface area contributed by atoms with Gasteiger partial charge in [0.2, 0.25) is 0 Å². The van der Waals surface area contributed by atoms with Gasteiger partial charge in [0, 0.05) is 6.54 Å². The van der Waals surface area contributed by atoms with E-state index in [1.165, 1.54) is 6.08 Å². The normalized spacial score (nSPS) is 10.8. The number of hydrogen-bond acceptors (Lipinski definition) is 3. The van der Waals surface area contributed by atoms with Gasteiger partial charge in [-0.15, -0.1) is 0 Å². The Morgan fingerprint density at radius 1 is 1.47 bits per heavy atom. The van der Waals surface area contributed by atoms with Crippen molar-refractivity contribution in [3.05, 3.63) is 41.0 Å². The van der Waals surface area contributed by atoms with Gasteiger partial charge in [-0.25, -0.2) is 4.79 Å². The van der Waals surface area contributed by atoms with E-state index in [0.29, 0.717) is 12.1 Å². The van der Waals surface area contributed by atoms with E-state index in [1.807, 2.05) is 0 Å². The standard InChI is InChI=1S/C11H10N2O2/c12-6-9-3-1-8(2-4-9)5-10(7-13)11(14)15/h1-5H,6,12H2,(H,14,15). The molecule has 0 aliphatic rings. The molecule has 1 rings (SSSR count). The van der Waals surface area contributed by atoms with Crippen molar-refractivity contribution in [2.45, 2.75) is 6.54 Å². The first kappa shape index (κ1) is 11.0. The molecule has 0 unspecified atom stereocenters. The molecule has 0 aromatic heterocycles. The number of nitrogens with zero attached hydrogens (tertiary/aromatic N) is 1. The first-order chi connectivity index (χ1) is 7.17. The number of carbonyl (C=O) groups is 1. The minimum Gasteiger partial charge on any atom is -0.477 e. The van der Waals surface area contributed by atoms with Crippen LogP contribution in [0.5, 0.6) is 0 Å². The lowest BCUT2D eigenvalue weighted by atomic mass is 10.1. The molecule has 0 heterocycles. The van der Waals surface area contributed by atoms with Gasteiger partial charge in [-0.05, 0) is 17.2 Å². The number of benzene rings is 1. The molecule has 0 fully saturated rings. The average Bonchev–Trinajstić information content (AvgIpc) is 2.26. The molecule has 0 aliphatic heterocycles. The Morgan fingerprint density at radius 3 is 2.47 bits per heavy atom. The predicted molar refractivity (Wildman–Crippen MR) is 55.6 cm³/mol. The summed E-state index contributed by atoms with van der Waals surface area (Å²) in [7, 11) is 0. The molecule has 0 saturated carbocycles. The van der Waals surface area contributed by atoms with Crippen LogP contribution in [0.15, 0.2) is 29.8 Å². The molecule has 15 heavy (non-hydrogen) atoms. The molecule has 0 atom stereocenters. The average molecular weight is 202 g/mol. The molecule has 1 aromatic carbocycles. The summed E-state index contributed by atoms with van der Waals surface area (Å²) >= 11 is 0. The smallest absolute Gasteiger partial charge is 0.346 e. The van der Waals surface area contributed by atoms with Crippen molar-refractivity contribution < 1.29 is 9.90 Å². The summed E-state index contributed by atoms with van der Waals surface area (Å²) in [6.07, 6.45) is 1.32. The van der Waals surface area contributed by atoms with E-state index in [0.717, 1.165) is 5.56 Å². The maximum Gasteiger partial charge on any atom is 0.346 e. The van der Waals surface area contributed by atoms with Crippen molar-refractivity contribution in [2.75, 3.05) is 0 Å². The molecule has 4 heteroatoms. The lowest BCUT2D eigenvalue weighted by Gasteiger charge is -1.97. The Bertz CT molecular complexity index is 427. The number of hydrogen-bond donors (Lipinski definition) is 2. The summed E-state index contributed by atoms with van der Waals surface area (Å²) in [6.45, 7) is 0.439. The quantitative estimate of drug-likeness (QED) is 0.568. The van der Waals surface area contributed by atoms with E-state index >= 15 is 0 Å². The molecule has 1 aromatic rings. The number of carboxylic acids is 1. The highest BCUT2D eigenvalue weighted by molar-refractivity contribution is 5.96. The molecule has 4 nitrogen and oxygen atoms in total. The van der Waals surface area contributed by atoms with Gasteiger partial charge in [-0.1, -0.05) is 24.3 Å². The van der Waals surface area contributed by atoms with Crippen LogP contribution in [0.3, 0.4) is 0 Å². The van der Waals surface area contributed by atoms with E-state index in [1.54, 1.807) is 30.3 Å². The van der Waals surface area contributed by atoms with E-state index in [-0.39, 0.29) is 5.57 Å². The minimum absolute atomic E-state index is 0.282. The first-order valence-electron chi connectivity index (χ1n) is 4.31. The fraction of sp³-hybridized carbons (Fsp3) is 0.0909. The highest BCUT2D eigenvalue weighted by Gasteiger charge is 2.04. The third-order valence-electron chi connectivity index (χ3n) is 1.88. The summed E-state index contributed by atoms with van der Waals surface area (Å²) in [5.74, 6) is -1.22. The van der Waals surface area contributed by atoms with Gasteiger partial charge < -0.3 is 10.8 Å². The van der Waals surface area contributed by atoms with Crippen LogP contribution in [-0.4, -0.2) is 11.1 Å². The minimum atomic E-state index is -1.22. The van der Waals surface area contributed by atoms with Crippen molar-refractivity contribution in [1.82, 2.24) is 0 Å². The van der Waals surface area contributed by atoms with Crippen LogP contribution in [0.1, 0.15) is 11.1 Å². The van der Waals surface area contributed by atoms with Gasteiger partial charge in [0.1, 0.15) is 11.6 Å². The lowest BCUT2D eigenvalue weighted by molar-refractivity contribution is -0.132. The molecule has 0 bridgehead atoms. The summed E-state index contributed by atoms with van der Waals surface area (Å²) in [6, 6.07) is 8.65. The Labute approximate surface area is 87.3 Å². The van der Waals surface area contributed by atoms with Crippen LogP contribution >= 0.6 is 0 Å². The molecule has 0 saturated heterocycles. The van der Waals surface area contributed by atoms with E-state index in [9.17, 15) is 4.79 Å². The largest absolute Gasteiger partial charge is 0.477 e. The highest BCUT2D eigenvalue weighted by Crippen LogP contribution is 2.08. The molecule has 0 aliphatic carbocycles. The Kier molecular flexibility index (Phi) is 3.61. The second-order valence-corrected chi connectivity index (χ2v) is 2.92. The zero-order chi connectivity index (χ0) is 11.3. The number of carboxylic acid groups (broad SMARTS) is 1. The van der Waals surface area contributed by atoms with Crippen LogP contribution < -0.4 is 5.73 Å². The van der Waals surface area contributed by atoms with Gasteiger partial charge >= 0.3 is 5.97 Å². The zero-order valence-electron chi connectivity index (χ0n) is 7.97. The van der Waals surface area contributed by atoms with E-state index in [4.69, 9.17) is 16.1 Å². The number of aliphatic carboxylic acids is 1. The third-order valence-corrected chi connectivity index (χ3v) is 1.88. The zero-order valence-corrected chi connectivity index (χ0v) is 7.97. The predicted octanol–water partition coefficient (Wildman–Crippen LogP) is 1.14. The molecule has 3 N–H and O–H groups in total. The SMILES string of the molecule is N#CC(=Cc1ccc(CN)cc1)C(=O)O. The van der Waals surface area contributed by atoms with Crippen LogP contribution in [0.2, 0.25) is 0 Å². The Balaban J connectivity index is 2.98. The highest BCUT2D eigenvalue weighted by atomic mass is 16.4. The van der Waals surface area contributed by atoms with Crippen LogP contribution in [0.4, 0.5) is 0 Å². The Morgan fingerprint density at radius 2 is 2.07 bits per heavy atom. The van der Waals surface area contributed by atoms with Crippen molar-refractivity contribution in [3.8, 4) is 6.07 Å². The summed E-state index contributed by atoms with van der Waals surface area (Å²) in [5.41, 5.74) is 6.76. The third kappa shape index (κ3) is 2.93. The van der Waals surface area contributed by atoms with E-state index in [2.05, 4.69) is 0 Å². The maximum absolute atomic E-state index is 10.5. The van der Waals surface area contributed by atoms with Crippen molar-refractivity contribution >= 4 is 12.0 Å². The molecular formula is C11H10N2O2. The van der Waals surface area contributed by atoms with Crippen LogP contribution in [-0.2, 0) is 11.3 Å².